The van der Waals surface area contributed by atoms with Gasteiger partial charge in [-0.15, -0.1) is 0 Å². The molecule has 5 rings (SSSR count). The SMILES string of the molecule is CN(Cc1nc2ccccc2c(=O)[nH]1)c1ncnc2c1oc1ccccc12. The van der Waals surface area contributed by atoms with Crippen molar-refractivity contribution >= 4 is 38.8 Å². The van der Waals surface area contributed by atoms with Gasteiger partial charge < -0.3 is 14.3 Å². The van der Waals surface area contributed by atoms with Gasteiger partial charge in [0.2, 0.25) is 0 Å². The predicted octanol–water partition coefficient (Wildman–Crippen LogP) is 3.25. The molecule has 0 aliphatic rings. The van der Waals surface area contributed by atoms with E-state index >= 15 is 0 Å². The lowest BCUT2D eigenvalue weighted by Gasteiger charge is -2.17. The van der Waals surface area contributed by atoms with Crippen LogP contribution in [0.25, 0.3) is 33.0 Å². The fourth-order valence-electron chi connectivity index (χ4n) is 3.29. The second-order valence-electron chi connectivity index (χ2n) is 6.36. The minimum absolute atomic E-state index is 0.152. The lowest BCUT2D eigenvalue weighted by atomic mass is 10.2. The highest BCUT2D eigenvalue weighted by Gasteiger charge is 2.16. The molecule has 2 aromatic carbocycles. The number of benzene rings is 2. The normalized spacial score (nSPS) is 11.4. The van der Waals surface area contributed by atoms with Crippen molar-refractivity contribution in [3.63, 3.8) is 0 Å². The number of H-pyrrole nitrogens is 1. The van der Waals surface area contributed by atoms with E-state index in [9.17, 15) is 4.79 Å². The van der Waals surface area contributed by atoms with Gasteiger partial charge in [-0.3, -0.25) is 4.79 Å². The van der Waals surface area contributed by atoms with Gasteiger partial charge in [-0.1, -0.05) is 24.3 Å². The Hall–Kier alpha value is -3.74. The largest absolute Gasteiger partial charge is 0.450 e. The van der Waals surface area contributed by atoms with Crippen molar-refractivity contribution in [2.75, 3.05) is 11.9 Å². The molecule has 5 aromatic rings. The van der Waals surface area contributed by atoms with Gasteiger partial charge in [0.1, 0.15) is 23.3 Å². The number of aromatic amines is 1. The standard InChI is InChI=1S/C20H15N5O2/c1-25(10-16-23-14-8-4-2-6-12(14)20(26)24-16)19-18-17(21-11-22-19)13-7-3-5-9-15(13)27-18/h2-9,11H,10H2,1H3,(H,23,24,26). The summed E-state index contributed by atoms with van der Waals surface area (Å²) in [6, 6.07) is 15.0. The molecule has 3 heterocycles. The van der Waals surface area contributed by atoms with Crippen LogP contribution in [0.5, 0.6) is 0 Å². The molecule has 27 heavy (non-hydrogen) atoms. The first-order chi connectivity index (χ1) is 13.2. The Morgan fingerprint density at radius 3 is 2.70 bits per heavy atom. The number of fused-ring (bicyclic) bond motifs is 4. The minimum atomic E-state index is -0.152. The molecule has 0 saturated carbocycles. The molecule has 7 heteroatoms. The molecule has 0 aliphatic heterocycles. The lowest BCUT2D eigenvalue weighted by Crippen LogP contribution is -2.22. The third-order valence-electron chi connectivity index (χ3n) is 4.55. The van der Waals surface area contributed by atoms with Crippen molar-refractivity contribution in [2.24, 2.45) is 0 Å². The number of hydrogen-bond donors (Lipinski definition) is 1. The second kappa shape index (κ2) is 5.91. The van der Waals surface area contributed by atoms with E-state index in [2.05, 4.69) is 19.9 Å². The Morgan fingerprint density at radius 1 is 1.04 bits per heavy atom. The van der Waals surface area contributed by atoms with Crippen molar-refractivity contribution in [3.05, 3.63) is 71.0 Å². The fraction of sp³-hybridized carbons (Fsp3) is 0.100. The van der Waals surface area contributed by atoms with Crippen molar-refractivity contribution < 1.29 is 4.42 Å². The van der Waals surface area contributed by atoms with Crippen LogP contribution in [-0.4, -0.2) is 27.0 Å². The number of para-hydroxylation sites is 2. The molecule has 7 nitrogen and oxygen atoms in total. The maximum atomic E-state index is 12.3. The zero-order valence-electron chi connectivity index (χ0n) is 14.5. The van der Waals surface area contributed by atoms with Crippen LogP contribution in [-0.2, 0) is 6.54 Å². The predicted molar refractivity (Wildman–Crippen MR) is 104 cm³/mol. The molecule has 0 radical (unpaired) electrons. The topological polar surface area (TPSA) is 87.9 Å². The van der Waals surface area contributed by atoms with Crippen molar-refractivity contribution in [2.45, 2.75) is 6.54 Å². The molecule has 1 N–H and O–H groups in total. The Morgan fingerprint density at radius 2 is 1.81 bits per heavy atom. The molecule has 0 fully saturated rings. The van der Waals surface area contributed by atoms with Crippen molar-refractivity contribution in [1.29, 1.82) is 0 Å². The first-order valence-electron chi connectivity index (χ1n) is 8.52. The Bertz CT molecular complexity index is 1360. The lowest BCUT2D eigenvalue weighted by molar-refractivity contribution is 0.661. The molecule has 0 bridgehead atoms. The molecular weight excluding hydrogens is 342 g/mol. The van der Waals surface area contributed by atoms with E-state index in [1.807, 2.05) is 54.4 Å². The molecule has 0 aliphatic carbocycles. The van der Waals surface area contributed by atoms with Crippen LogP contribution in [0.3, 0.4) is 0 Å². The summed E-state index contributed by atoms with van der Waals surface area (Å²) in [7, 11) is 1.88. The average molecular weight is 357 g/mol. The highest BCUT2D eigenvalue weighted by molar-refractivity contribution is 6.05. The van der Waals surface area contributed by atoms with E-state index in [1.54, 1.807) is 6.07 Å². The van der Waals surface area contributed by atoms with E-state index in [-0.39, 0.29) is 5.56 Å². The molecule has 0 unspecified atom stereocenters. The summed E-state index contributed by atoms with van der Waals surface area (Å²) in [5.41, 5.74) is 2.66. The van der Waals surface area contributed by atoms with Gasteiger partial charge in [0, 0.05) is 12.4 Å². The van der Waals surface area contributed by atoms with Crippen LogP contribution in [0.15, 0.2) is 64.1 Å². The summed E-state index contributed by atoms with van der Waals surface area (Å²) >= 11 is 0. The van der Waals surface area contributed by atoms with Crippen molar-refractivity contribution in [1.82, 2.24) is 19.9 Å². The van der Waals surface area contributed by atoms with Crippen LogP contribution >= 0.6 is 0 Å². The molecule has 0 amide bonds. The van der Waals surface area contributed by atoms with Gasteiger partial charge in [0.15, 0.2) is 11.4 Å². The van der Waals surface area contributed by atoms with E-state index < -0.39 is 0 Å². The van der Waals surface area contributed by atoms with Gasteiger partial charge in [-0.25, -0.2) is 15.0 Å². The highest BCUT2D eigenvalue weighted by Crippen LogP contribution is 2.31. The third kappa shape index (κ3) is 2.52. The summed E-state index contributed by atoms with van der Waals surface area (Å²) in [5, 5.41) is 1.52. The first kappa shape index (κ1) is 15.5. The number of rotatable bonds is 3. The van der Waals surface area contributed by atoms with Crippen LogP contribution in [0.4, 0.5) is 5.82 Å². The third-order valence-corrected chi connectivity index (χ3v) is 4.55. The number of hydrogen-bond acceptors (Lipinski definition) is 6. The number of furan rings is 1. The summed E-state index contributed by atoms with van der Waals surface area (Å²) in [4.78, 5) is 30.3. The maximum absolute atomic E-state index is 12.3. The zero-order chi connectivity index (χ0) is 18.4. The number of aromatic nitrogens is 4. The summed E-state index contributed by atoms with van der Waals surface area (Å²) < 4.78 is 5.98. The monoisotopic (exact) mass is 357 g/mol. The van der Waals surface area contributed by atoms with Crippen LogP contribution in [0, 0.1) is 0 Å². The number of anilines is 1. The fourth-order valence-corrected chi connectivity index (χ4v) is 3.29. The van der Waals surface area contributed by atoms with Crippen LogP contribution < -0.4 is 10.5 Å². The van der Waals surface area contributed by atoms with Gasteiger partial charge in [-0.2, -0.15) is 0 Å². The Labute approximate surface area is 153 Å². The van der Waals surface area contributed by atoms with E-state index in [0.717, 1.165) is 16.5 Å². The highest BCUT2D eigenvalue weighted by atomic mass is 16.3. The molecule has 0 atom stereocenters. The minimum Gasteiger partial charge on any atom is -0.450 e. The first-order valence-corrected chi connectivity index (χ1v) is 8.52. The molecule has 0 saturated heterocycles. The Kier molecular flexibility index (Phi) is 3.39. The van der Waals surface area contributed by atoms with E-state index in [0.29, 0.717) is 34.7 Å². The molecule has 3 aromatic heterocycles. The summed E-state index contributed by atoms with van der Waals surface area (Å²) in [6.45, 7) is 0.378. The smallest absolute Gasteiger partial charge is 0.258 e. The van der Waals surface area contributed by atoms with Gasteiger partial charge in [0.25, 0.3) is 5.56 Å². The maximum Gasteiger partial charge on any atom is 0.258 e. The van der Waals surface area contributed by atoms with E-state index in [1.165, 1.54) is 6.33 Å². The Balaban J connectivity index is 1.58. The quantitative estimate of drug-likeness (QED) is 0.533. The second-order valence-corrected chi connectivity index (χ2v) is 6.36. The molecule has 132 valence electrons. The van der Waals surface area contributed by atoms with Gasteiger partial charge in [-0.05, 0) is 24.3 Å². The van der Waals surface area contributed by atoms with Gasteiger partial charge in [0.05, 0.1) is 17.4 Å². The van der Waals surface area contributed by atoms with Crippen LogP contribution in [0.2, 0.25) is 0 Å². The number of nitrogens with zero attached hydrogens (tertiary/aromatic N) is 4. The van der Waals surface area contributed by atoms with E-state index in [4.69, 9.17) is 4.42 Å². The van der Waals surface area contributed by atoms with Gasteiger partial charge >= 0.3 is 0 Å². The van der Waals surface area contributed by atoms with Crippen molar-refractivity contribution in [3.8, 4) is 0 Å². The number of nitrogens with one attached hydrogen (secondary N) is 1. The van der Waals surface area contributed by atoms with Crippen LogP contribution in [0.1, 0.15) is 5.82 Å². The average Bonchev–Trinajstić information content (AvgIpc) is 3.07. The molecular formula is C20H15N5O2. The molecule has 0 spiro atoms. The zero-order valence-corrected chi connectivity index (χ0v) is 14.5. The summed E-state index contributed by atoms with van der Waals surface area (Å²) in [6.07, 6.45) is 1.52. The summed E-state index contributed by atoms with van der Waals surface area (Å²) in [5.74, 6) is 1.20.